The zero-order valence-electron chi connectivity index (χ0n) is 61.3. The van der Waals surface area contributed by atoms with Gasteiger partial charge in [-0.2, -0.15) is 0 Å². The second-order valence-corrected chi connectivity index (χ2v) is 28.8. The largest absolute Gasteiger partial charge is 0.394 e. The van der Waals surface area contributed by atoms with E-state index in [1.807, 2.05) is 0 Å². The quantitative estimate of drug-likeness (QED) is 0.0215. The van der Waals surface area contributed by atoms with Crippen molar-refractivity contribution < 1.29 is 50.0 Å². The third-order valence-corrected chi connectivity index (χ3v) is 19.9. The Kier molecular flexibility index (Phi) is 67.4. The highest BCUT2D eigenvalue weighted by Crippen LogP contribution is 2.24. The van der Waals surface area contributed by atoms with Crippen molar-refractivity contribution in [3.8, 4) is 0 Å². The lowest BCUT2D eigenvalue weighted by molar-refractivity contribution is -0.303. The molecule has 0 radical (unpaired) electrons. The lowest BCUT2D eigenvalue weighted by Gasteiger charge is -2.40. The number of allylic oxidation sites excluding steroid dienone is 6. The minimum Gasteiger partial charge on any atom is -0.394 e. The number of nitrogens with one attached hydrogen (secondary N) is 1. The molecule has 0 aromatic heterocycles. The van der Waals surface area contributed by atoms with Gasteiger partial charge in [0, 0.05) is 0 Å². The van der Waals surface area contributed by atoms with E-state index in [1.54, 1.807) is 0 Å². The summed E-state index contributed by atoms with van der Waals surface area (Å²) in [5.74, 6) is -0.704. The molecule has 1 heterocycles. The first-order valence-electron chi connectivity index (χ1n) is 40.9. The summed E-state index contributed by atoms with van der Waals surface area (Å²) in [7, 11) is 0. The van der Waals surface area contributed by atoms with Crippen LogP contribution < -0.4 is 5.32 Å². The van der Waals surface area contributed by atoms with Crippen molar-refractivity contribution in [2.45, 2.75) is 467 Å². The van der Waals surface area contributed by atoms with Gasteiger partial charge in [0.1, 0.15) is 36.6 Å². The van der Waals surface area contributed by atoms with Crippen molar-refractivity contribution in [3.63, 3.8) is 0 Å². The number of carbonyl (C=O) groups is 1. The zero-order valence-corrected chi connectivity index (χ0v) is 61.3. The fraction of sp³-hybridized carbons (Fsp3) is 0.915. The third kappa shape index (κ3) is 56.9. The van der Waals surface area contributed by atoms with Crippen molar-refractivity contribution in [1.29, 1.82) is 0 Å². The molecule has 0 aliphatic carbocycles. The van der Waals surface area contributed by atoms with E-state index in [9.17, 15) is 40.5 Å². The summed E-state index contributed by atoms with van der Waals surface area (Å²) in [6.07, 6.45) is 81.4. The monoisotopic (exact) mass is 1320 g/mol. The maximum atomic E-state index is 13.3. The molecule has 0 bridgehead atoms. The molecule has 0 aromatic carbocycles. The number of hydrogen-bond acceptors (Lipinski definition) is 10. The Bertz CT molecular complexity index is 1610. The Balaban J connectivity index is 2.15. The van der Waals surface area contributed by atoms with Gasteiger partial charge in [0.15, 0.2) is 6.29 Å². The van der Waals surface area contributed by atoms with E-state index >= 15 is 0 Å². The van der Waals surface area contributed by atoms with Crippen LogP contribution in [0.4, 0.5) is 0 Å². The van der Waals surface area contributed by atoms with Crippen LogP contribution in [0.3, 0.4) is 0 Å². The number of ether oxygens (including phenoxy) is 2. The van der Waals surface area contributed by atoms with Crippen LogP contribution in [-0.2, 0) is 14.3 Å². The molecule has 1 saturated heterocycles. The average Bonchev–Trinajstić information content (AvgIpc) is 1.04. The first kappa shape index (κ1) is 89.3. The summed E-state index contributed by atoms with van der Waals surface area (Å²) >= 11 is 0. The van der Waals surface area contributed by atoms with Gasteiger partial charge in [-0.3, -0.25) is 4.79 Å². The summed E-state index contributed by atoms with van der Waals surface area (Å²) < 4.78 is 11.2. The van der Waals surface area contributed by atoms with Crippen molar-refractivity contribution in [1.82, 2.24) is 5.32 Å². The van der Waals surface area contributed by atoms with Crippen LogP contribution in [-0.4, -0.2) is 110 Å². The molecule has 1 amide bonds. The second-order valence-electron chi connectivity index (χ2n) is 28.8. The van der Waals surface area contributed by atoms with Crippen LogP contribution in [0.1, 0.15) is 412 Å². The number of carbonyl (C=O) groups excluding carboxylic acids is 1. The summed E-state index contributed by atoms with van der Waals surface area (Å²) in [6, 6.07) is -1.20. The number of amides is 1. The van der Waals surface area contributed by atoms with E-state index < -0.39 is 74.2 Å². The molecule has 93 heavy (non-hydrogen) atoms. The molecule has 1 fully saturated rings. The summed E-state index contributed by atoms with van der Waals surface area (Å²) in [6.45, 7) is 3.51. The molecule has 0 spiro atoms. The summed E-state index contributed by atoms with van der Waals surface area (Å²) in [5, 5.41) is 76.7. The predicted molar refractivity (Wildman–Crippen MR) is 395 cm³/mol. The number of hydrogen-bond donors (Lipinski definition) is 8. The maximum Gasteiger partial charge on any atom is 0.249 e. The Morgan fingerprint density at radius 2 is 0.645 bits per heavy atom. The second kappa shape index (κ2) is 70.2. The van der Waals surface area contributed by atoms with Crippen LogP contribution in [0.2, 0.25) is 0 Å². The van der Waals surface area contributed by atoms with Crippen LogP contribution in [0.5, 0.6) is 0 Å². The standard InChI is InChI=1S/C82H157NO10/c1-3-5-7-9-11-13-15-17-19-21-23-25-27-29-31-33-35-37-38-40-42-44-46-48-50-52-54-56-58-60-62-64-66-68-70-75(86)81(91)83-73(72-92-82-80(90)79(89)78(88)76(71-84)93-82)77(87)74(85)69-67-65-63-61-59-57-55-53-51-49-47-45-43-41-39-36-34-32-30-28-26-24-22-20-18-16-14-12-10-8-6-4-2/h45,47,53,55,61,63,73-80,82,84-90H,3-44,46,48-52,54,56-60,62,64-72H2,1-2H3,(H,83,91)/b47-45+,55-53+,63-61+. The van der Waals surface area contributed by atoms with E-state index in [0.29, 0.717) is 19.3 Å². The molecule has 9 unspecified atom stereocenters. The van der Waals surface area contributed by atoms with E-state index in [2.05, 4.69) is 55.6 Å². The lowest BCUT2D eigenvalue weighted by Crippen LogP contribution is -2.60. The van der Waals surface area contributed by atoms with Gasteiger partial charge in [0.2, 0.25) is 5.91 Å². The van der Waals surface area contributed by atoms with Gasteiger partial charge in [-0.05, 0) is 64.2 Å². The van der Waals surface area contributed by atoms with Crippen molar-refractivity contribution in [2.24, 2.45) is 0 Å². The Morgan fingerprint density at radius 1 is 0.366 bits per heavy atom. The zero-order chi connectivity index (χ0) is 67.4. The first-order valence-corrected chi connectivity index (χ1v) is 40.9. The molecule has 1 rings (SSSR count). The number of aliphatic hydroxyl groups excluding tert-OH is 7. The van der Waals surface area contributed by atoms with E-state index in [-0.39, 0.29) is 12.8 Å². The Hall–Kier alpha value is -1.67. The molecule has 8 N–H and O–H groups in total. The highest BCUT2D eigenvalue weighted by Gasteiger charge is 2.44. The minimum absolute atomic E-state index is 0.243. The SMILES string of the molecule is CCCCCCCCCCCCCCCCCCCCC/C=C/CC/C=C/CC/C=C/CCCC(O)C(O)C(COC1OC(CO)C(O)C(O)C1O)NC(=O)C(O)CCCCCCCCCCCCCCCCCCCCCCCCCCCCCCCCCCCC. The predicted octanol–water partition coefficient (Wildman–Crippen LogP) is 21.3. The molecule has 1 aliphatic heterocycles. The van der Waals surface area contributed by atoms with Crippen LogP contribution in [0.25, 0.3) is 0 Å². The highest BCUT2D eigenvalue weighted by atomic mass is 16.7. The van der Waals surface area contributed by atoms with E-state index in [1.165, 1.54) is 321 Å². The fourth-order valence-electron chi connectivity index (χ4n) is 13.4. The van der Waals surface area contributed by atoms with Crippen LogP contribution in [0, 0.1) is 0 Å². The van der Waals surface area contributed by atoms with Crippen LogP contribution >= 0.6 is 0 Å². The molecule has 9 atom stereocenters. The molecule has 0 saturated carbocycles. The Labute approximate surface area is 575 Å². The highest BCUT2D eigenvalue weighted by molar-refractivity contribution is 5.80. The molecular weight excluding hydrogens is 1160 g/mol. The smallest absolute Gasteiger partial charge is 0.249 e. The summed E-state index contributed by atoms with van der Waals surface area (Å²) in [4.78, 5) is 13.3. The van der Waals surface area contributed by atoms with Gasteiger partial charge in [0.25, 0.3) is 0 Å². The lowest BCUT2D eigenvalue weighted by atomic mass is 9.98. The van der Waals surface area contributed by atoms with Gasteiger partial charge in [-0.1, -0.05) is 384 Å². The first-order chi connectivity index (χ1) is 45.7. The molecule has 11 heteroatoms. The van der Waals surface area contributed by atoms with Gasteiger partial charge in [-0.15, -0.1) is 0 Å². The van der Waals surface area contributed by atoms with Crippen molar-refractivity contribution in [2.75, 3.05) is 13.2 Å². The molecule has 11 nitrogen and oxygen atoms in total. The van der Waals surface area contributed by atoms with Crippen molar-refractivity contribution in [3.05, 3.63) is 36.5 Å². The molecule has 0 aromatic rings. The summed E-state index contributed by atoms with van der Waals surface area (Å²) in [5.41, 5.74) is 0. The third-order valence-electron chi connectivity index (χ3n) is 19.9. The van der Waals surface area contributed by atoms with Gasteiger partial charge < -0.3 is 50.5 Å². The van der Waals surface area contributed by atoms with Gasteiger partial charge in [0.05, 0.1) is 25.4 Å². The number of aliphatic hydroxyl groups is 7. The molecule has 1 aliphatic rings. The molecular formula is C82H157NO10. The normalized spacial score (nSPS) is 18.4. The van der Waals surface area contributed by atoms with Gasteiger partial charge >= 0.3 is 0 Å². The van der Waals surface area contributed by atoms with E-state index in [4.69, 9.17) is 9.47 Å². The topological polar surface area (TPSA) is 189 Å². The van der Waals surface area contributed by atoms with Gasteiger partial charge in [-0.25, -0.2) is 0 Å². The molecule has 550 valence electrons. The maximum absolute atomic E-state index is 13.3. The van der Waals surface area contributed by atoms with E-state index in [0.717, 1.165) is 44.9 Å². The fourth-order valence-corrected chi connectivity index (χ4v) is 13.4. The average molecular weight is 1320 g/mol. The minimum atomic E-state index is -1.67. The number of unbranched alkanes of at least 4 members (excludes halogenated alkanes) is 55. The Morgan fingerprint density at radius 3 is 0.957 bits per heavy atom. The van der Waals surface area contributed by atoms with Crippen molar-refractivity contribution >= 4 is 5.91 Å². The van der Waals surface area contributed by atoms with Crippen LogP contribution in [0.15, 0.2) is 36.5 Å². The number of rotatable bonds is 73.